The molecular weight excluding hydrogens is 219 g/mol. The Kier molecular flexibility index (Phi) is 3.19. The standard InChI is InChI=1S/C11H14F3NO/c1-10(2,15)6-7-4-3-5-8(9(7)16)11(12,13)14/h3-5,16H,6,15H2,1-2H3. The van der Waals surface area contributed by atoms with Gasteiger partial charge in [-0.25, -0.2) is 0 Å². The van der Waals surface area contributed by atoms with Crippen LogP contribution in [0.2, 0.25) is 0 Å². The molecule has 0 bridgehead atoms. The molecule has 0 saturated carbocycles. The molecule has 1 rings (SSSR count). The summed E-state index contributed by atoms with van der Waals surface area (Å²) < 4.78 is 37.4. The van der Waals surface area contributed by atoms with E-state index in [0.717, 1.165) is 6.07 Å². The monoisotopic (exact) mass is 233 g/mol. The van der Waals surface area contributed by atoms with Crippen molar-refractivity contribution in [2.75, 3.05) is 0 Å². The predicted octanol–water partition coefficient (Wildman–Crippen LogP) is 2.69. The van der Waals surface area contributed by atoms with Gasteiger partial charge >= 0.3 is 6.18 Å². The van der Waals surface area contributed by atoms with Gasteiger partial charge in [0.2, 0.25) is 0 Å². The van der Waals surface area contributed by atoms with Crippen LogP contribution < -0.4 is 5.73 Å². The lowest BCUT2D eigenvalue weighted by Gasteiger charge is -2.20. The summed E-state index contributed by atoms with van der Waals surface area (Å²) in [6, 6.07) is 3.56. The van der Waals surface area contributed by atoms with Gasteiger partial charge in [-0.3, -0.25) is 0 Å². The summed E-state index contributed by atoms with van der Waals surface area (Å²) in [7, 11) is 0. The highest BCUT2D eigenvalue weighted by molar-refractivity contribution is 5.42. The average Bonchev–Trinajstić information content (AvgIpc) is 2.04. The molecule has 0 spiro atoms. The van der Waals surface area contributed by atoms with Gasteiger partial charge in [0.15, 0.2) is 0 Å². The third kappa shape index (κ3) is 3.13. The van der Waals surface area contributed by atoms with Crippen molar-refractivity contribution in [3.63, 3.8) is 0 Å². The highest BCUT2D eigenvalue weighted by atomic mass is 19.4. The number of rotatable bonds is 2. The molecule has 16 heavy (non-hydrogen) atoms. The SMILES string of the molecule is CC(C)(N)Cc1cccc(C(F)(F)F)c1O. The van der Waals surface area contributed by atoms with E-state index in [4.69, 9.17) is 5.73 Å². The van der Waals surface area contributed by atoms with Gasteiger partial charge in [-0.1, -0.05) is 12.1 Å². The fourth-order valence-electron chi connectivity index (χ4n) is 1.45. The number of nitrogens with two attached hydrogens (primary N) is 1. The number of hydrogen-bond acceptors (Lipinski definition) is 2. The summed E-state index contributed by atoms with van der Waals surface area (Å²) in [5, 5.41) is 9.51. The van der Waals surface area contributed by atoms with Crippen LogP contribution in [0.4, 0.5) is 13.2 Å². The van der Waals surface area contributed by atoms with Crippen LogP contribution in [0.3, 0.4) is 0 Å². The highest BCUT2D eigenvalue weighted by Gasteiger charge is 2.34. The molecule has 0 saturated heterocycles. The number of halogens is 3. The lowest BCUT2D eigenvalue weighted by Crippen LogP contribution is -2.34. The zero-order valence-electron chi connectivity index (χ0n) is 9.10. The summed E-state index contributed by atoms with van der Waals surface area (Å²) in [5.41, 5.74) is 4.23. The fourth-order valence-corrected chi connectivity index (χ4v) is 1.45. The lowest BCUT2D eigenvalue weighted by molar-refractivity contribution is -0.138. The first kappa shape index (κ1) is 12.8. The number of aromatic hydroxyl groups is 1. The Labute approximate surface area is 91.9 Å². The van der Waals surface area contributed by atoms with Gasteiger partial charge in [0, 0.05) is 5.54 Å². The van der Waals surface area contributed by atoms with E-state index in [2.05, 4.69) is 0 Å². The van der Waals surface area contributed by atoms with Crippen LogP contribution in [0.25, 0.3) is 0 Å². The summed E-state index contributed by atoms with van der Waals surface area (Å²) >= 11 is 0. The van der Waals surface area contributed by atoms with E-state index in [0.29, 0.717) is 0 Å². The normalized spacial score (nSPS) is 12.9. The topological polar surface area (TPSA) is 46.2 Å². The first-order valence-corrected chi connectivity index (χ1v) is 4.78. The first-order chi connectivity index (χ1) is 7.11. The van der Waals surface area contributed by atoms with Gasteiger partial charge in [-0.15, -0.1) is 0 Å². The number of para-hydroxylation sites is 1. The summed E-state index contributed by atoms with van der Waals surface area (Å²) in [6.07, 6.45) is -4.36. The minimum absolute atomic E-state index is 0.183. The van der Waals surface area contributed by atoms with Crippen molar-refractivity contribution >= 4 is 0 Å². The molecular formula is C11H14F3NO. The van der Waals surface area contributed by atoms with Crippen molar-refractivity contribution in [3.05, 3.63) is 29.3 Å². The third-order valence-corrected chi connectivity index (χ3v) is 2.07. The van der Waals surface area contributed by atoms with Crippen molar-refractivity contribution in [1.82, 2.24) is 0 Å². The van der Waals surface area contributed by atoms with Gasteiger partial charge in [-0.05, 0) is 31.9 Å². The Morgan fingerprint density at radius 1 is 1.25 bits per heavy atom. The Bertz CT molecular complexity index is 380. The number of phenols is 1. The summed E-state index contributed by atoms with van der Waals surface area (Å²) in [4.78, 5) is 0. The number of alkyl halides is 3. The van der Waals surface area contributed by atoms with E-state index in [1.165, 1.54) is 12.1 Å². The molecule has 1 aromatic carbocycles. The Balaban J connectivity index is 3.15. The van der Waals surface area contributed by atoms with Crippen LogP contribution in [0.5, 0.6) is 5.75 Å². The zero-order chi connectivity index (χ0) is 12.6. The second-order valence-corrected chi connectivity index (χ2v) is 4.48. The molecule has 1 aromatic rings. The molecule has 0 heterocycles. The molecule has 3 N–H and O–H groups in total. The number of benzene rings is 1. The Morgan fingerprint density at radius 3 is 2.25 bits per heavy atom. The molecule has 5 heteroatoms. The molecule has 0 unspecified atom stereocenters. The number of hydrogen-bond donors (Lipinski definition) is 2. The van der Waals surface area contributed by atoms with Gasteiger partial charge < -0.3 is 10.8 Å². The maximum atomic E-state index is 12.5. The second kappa shape index (κ2) is 3.97. The van der Waals surface area contributed by atoms with Crippen LogP contribution >= 0.6 is 0 Å². The molecule has 0 atom stereocenters. The van der Waals surface area contributed by atoms with Crippen molar-refractivity contribution in [1.29, 1.82) is 0 Å². The van der Waals surface area contributed by atoms with E-state index in [1.54, 1.807) is 13.8 Å². The van der Waals surface area contributed by atoms with Crippen LogP contribution in [-0.2, 0) is 12.6 Å². The van der Waals surface area contributed by atoms with Crippen LogP contribution in [-0.4, -0.2) is 10.6 Å². The molecule has 0 amide bonds. The van der Waals surface area contributed by atoms with Crippen molar-refractivity contribution < 1.29 is 18.3 Å². The largest absolute Gasteiger partial charge is 0.507 e. The van der Waals surface area contributed by atoms with E-state index in [1.807, 2.05) is 0 Å². The molecule has 0 radical (unpaired) electrons. The third-order valence-electron chi connectivity index (χ3n) is 2.07. The number of phenolic OH excluding ortho intramolecular Hbond substituents is 1. The van der Waals surface area contributed by atoms with E-state index >= 15 is 0 Å². The zero-order valence-corrected chi connectivity index (χ0v) is 9.10. The van der Waals surface area contributed by atoms with E-state index < -0.39 is 23.0 Å². The van der Waals surface area contributed by atoms with Crippen LogP contribution in [0.15, 0.2) is 18.2 Å². The van der Waals surface area contributed by atoms with Crippen molar-refractivity contribution in [2.45, 2.75) is 32.0 Å². The van der Waals surface area contributed by atoms with Gasteiger partial charge in [-0.2, -0.15) is 13.2 Å². The van der Waals surface area contributed by atoms with Crippen molar-refractivity contribution in [2.24, 2.45) is 5.73 Å². The highest BCUT2D eigenvalue weighted by Crippen LogP contribution is 2.38. The smallest absolute Gasteiger partial charge is 0.419 e. The molecule has 0 aliphatic rings. The second-order valence-electron chi connectivity index (χ2n) is 4.48. The molecule has 2 nitrogen and oxygen atoms in total. The van der Waals surface area contributed by atoms with Gasteiger partial charge in [0.1, 0.15) is 5.75 Å². The maximum Gasteiger partial charge on any atom is 0.419 e. The quantitative estimate of drug-likeness (QED) is 0.825. The average molecular weight is 233 g/mol. The molecule has 0 aromatic heterocycles. The van der Waals surface area contributed by atoms with Crippen LogP contribution in [0.1, 0.15) is 25.0 Å². The molecule has 0 aliphatic carbocycles. The van der Waals surface area contributed by atoms with Crippen molar-refractivity contribution in [3.8, 4) is 5.75 Å². The van der Waals surface area contributed by atoms with E-state index in [-0.39, 0.29) is 12.0 Å². The minimum atomic E-state index is -4.54. The molecule has 90 valence electrons. The Hall–Kier alpha value is -1.23. The van der Waals surface area contributed by atoms with Gasteiger partial charge in [0.05, 0.1) is 5.56 Å². The minimum Gasteiger partial charge on any atom is -0.507 e. The van der Waals surface area contributed by atoms with Gasteiger partial charge in [0.25, 0.3) is 0 Å². The molecule has 0 aliphatic heterocycles. The lowest BCUT2D eigenvalue weighted by atomic mass is 9.94. The van der Waals surface area contributed by atoms with Crippen LogP contribution in [0, 0.1) is 0 Å². The van der Waals surface area contributed by atoms with E-state index in [9.17, 15) is 18.3 Å². The fraction of sp³-hybridized carbons (Fsp3) is 0.455. The Morgan fingerprint density at radius 2 is 1.81 bits per heavy atom. The molecule has 0 fully saturated rings. The first-order valence-electron chi connectivity index (χ1n) is 4.78. The summed E-state index contributed by atoms with van der Waals surface area (Å²) in [6.45, 7) is 3.37. The maximum absolute atomic E-state index is 12.5. The predicted molar refractivity (Wildman–Crippen MR) is 55.1 cm³/mol. The summed E-state index contributed by atoms with van der Waals surface area (Å²) in [5.74, 6) is -0.728.